The zero-order valence-electron chi connectivity index (χ0n) is 10.8. The van der Waals surface area contributed by atoms with Gasteiger partial charge in [0.05, 0.1) is 19.0 Å². The highest BCUT2D eigenvalue weighted by Gasteiger charge is 2.30. The van der Waals surface area contributed by atoms with Crippen molar-refractivity contribution in [2.45, 2.75) is 25.7 Å². The molecule has 0 radical (unpaired) electrons. The zero-order valence-corrected chi connectivity index (χ0v) is 10.8. The van der Waals surface area contributed by atoms with E-state index in [2.05, 4.69) is 14.9 Å². The molecular formula is C14H21N3O. The van der Waals surface area contributed by atoms with Crippen LogP contribution in [-0.4, -0.2) is 41.1 Å². The maximum Gasteiger partial charge on any atom is 0.155 e. The molecule has 4 nitrogen and oxygen atoms in total. The number of nitrogens with zero attached hydrogens (tertiary/aromatic N) is 3. The summed E-state index contributed by atoms with van der Waals surface area (Å²) in [6, 6.07) is 0. The van der Waals surface area contributed by atoms with Gasteiger partial charge in [-0.3, -0.25) is 0 Å². The Kier molecular flexibility index (Phi) is 3.74. The van der Waals surface area contributed by atoms with Gasteiger partial charge in [-0.25, -0.2) is 9.97 Å². The number of fused-ring (bicyclic) bond motifs is 3. The fourth-order valence-electron chi connectivity index (χ4n) is 3.30. The van der Waals surface area contributed by atoms with Gasteiger partial charge in [-0.05, 0) is 44.7 Å². The Morgan fingerprint density at radius 2 is 1.89 bits per heavy atom. The van der Waals surface area contributed by atoms with Gasteiger partial charge < -0.3 is 9.64 Å². The Morgan fingerprint density at radius 1 is 1.17 bits per heavy atom. The molecule has 0 amide bonds. The summed E-state index contributed by atoms with van der Waals surface area (Å²) in [4.78, 5) is 10.6. The highest BCUT2D eigenvalue weighted by atomic mass is 16.5. The van der Waals surface area contributed by atoms with Crippen molar-refractivity contribution in [3.63, 3.8) is 0 Å². The summed E-state index contributed by atoms with van der Waals surface area (Å²) < 4.78 is 5.86. The van der Waals surface area contributed by atoms with Gasteiger partial charge in [-0.2, -0.15) is 0 Å². The highest BCUT2D eigenvalue weighted by molar-refractivity contribution is 5.09. The van der Waals surface area contributed by atoms with Crippen molar-refractivity contribution in [3.05, 3.63) is 18.7 Å². The first-order valence-electron chi connectivity index (χ1n) is 7.02. The Morgan fingerprint density at radius 3 is 2.61 bits per heavy atom. The Bertz CT molecular complexity index is 361. The Hall–Kier alpha value is -1.16. The van der Waals surface area contributed by atoms with Gasteiger partial charge in [0, 0.05) is 12.5 Å². The molecule has 3 heterocycles. The normalized spacial score (nSPS) is 31.7. The van der Waals surface area contributed by atoms with E-state index in [9.17, 15) is 0 Å². The van der Waals surface area contributed by atoms with Crippen LogP contribution in [-0.2, 0) is 0 Å². The molecule has 2 saturated heterocycles. The second-order valence-electron chi connectivity index (χ2n) is 5.49. The van der Waals surface area contributed by atoms with Crippen LogP contribution in [0.25, 0.3) is 0 Å². The molecule has 0 aromatic carbocycles. The van der Waals surface area contributed by atoms with E-state index in [4.69, 9.17) is 4.74 Å². The molecule has 2 bridgehead atoms. The summed E-state index contributed by atoms with van der Waals surface area (Å²) in [6.45, 7) is 4.58. The van der Waals surface area contributed by atoms with E-state index < -0.39 is 0 Å². The van der Waals surface area contributed by atoms with Crippen molar-refractivity contribution in [1.29, 1.82) is 0 Å². The first-order chi connectivity index (χ1) is 8.92. The van der Waals surface area contributed by atoms with Gasteiger partial charge in [0.1, 0.15) is 6.33 Å². The number of hydrogen-bond donors (Lipinski definition) is 0. The minimum Gasteiger partial charge on any atom is -0.490 e. The third-order valence-corrected chi connectivity index (χ3v) is 4.26. The summed E-state index contributed by atoms with van der Waals surface area (Å²) in [5.74, 6) is 2.32. The fourth-order valence-corrected chi connectivity index (χ4v) is 3.30. The fraction of sp³-hybridized carbons (Fsp3) is 0.714. The number of hydrogen-bond acceptors (Lipinski definition) is 4. The smallest absolute Gasteiger partial charge is 0.155 e. The van der Waals surface area contributed by atoms with Crippen LogP contribution in [0.15, 0.2) is 18.7 Å². The number of ether oxygens (including phenoxy) is 1. The largest absolute Gasteiger partial charge is 0.490 e. The predicted octanol–water partition coefficient (Wildman–Crippen LogP) is 1.98. The molecule has 0 aliphatic carbocycles. The Balaban J connectivity index is 1.61. The van der Waals surface area contributed by atoms with Crippen molar-refractivity contribution in [2.24, 2.45) is 11.8 Å². The van der Waals surface area contributed by atoms with Crippen LogP contribution < -0.4 is 4.74 Å². The molecular weight excluding hydrogens is 226 g/mol. The Labute approximate surface area is 108 Å². The highest BCUT2D eigenvalue weighted by Crippen LogP contribution is 2.31. The van der Waals surface area contributed by atoms with Crippen LogP contribution in [0.2, 0.25) is 0 Å². The van der Waals surface area contributed by atoms with Crippen molar-refractivity contribution in [2.75, 3.05) is 26.2 Å². The van der Waals surface area contributed by atoms with Crippen molar-refractivity contribution >= 4 is 0 Å². The molecule has 2 aliphatic rings. The molecule has 2 aliphatic heterocycles. The molecule has 1 atom stereocenters. The van der Waals surface area contributed by atoms with Crippen LogP contribution in [0.1, 0.15) is 25.7 Å². The van der Waals surface area contributed by atoms with Crippen molar-refractivity contribution < 1.29 is 4.74 Å². The topological polar surface area (TPSA) is 38.2 Å². The molecule has 1 aromatic heterocycles. The third kappa shape index (κ3) is 2.80. The van der Waals surface area contributed by atoms with Crippen LogP contribution in [0.5, 0.6) is 5.75 Å². The minimum atomic E-state index is 0.676. The molecule has 1 aromatic rings. The molecule has 2 fully saturated rings. The molecule has 1 unspecified atom stereocenters. The quantitative estimate of drug-likeness (QED) is 0.818. The summed E-state index contributed by atoms with van der Waals surface area (Å²) in [7, 11) is 0. The van der Waals surface area contributed by atoms with E-state index in [0.29, 0.717) is 5.92 Å². The summed E-state index contributed by atoms with van der Waals surface area (Å²) in [6.07, 6.45) is 10.5. The van der Waals surface area contributed by atoms with E-state index in [1.54, 1.807) is 12.4 Å². The van der Waals surface area contributed by atoms with Crippen molar-refractivity contribution in [3.8, 4) is 5.75 Å². The average Bonchev–Trinajstić information content (AvgIpc) is 2.69. The van der Waals surface area contributed by atoms with E-state index in [0.717, 1.165) is 18.3 Å². The lowest BCUT2D eigenvalue weighted by Crippen LogP contribution is -2.31. The van der Waals surface area contributed by atoms with Gasteiger partial charge in [-0.15, -0.1) is 0 Å². The monoisotopic (exact) mass is 247 g/mol. The van der Waals surface area contributed by atoms with E-state index >= 15 is 0 Å². The van der Waals surface area contributed by atoms with Gasteiger partial charge >= 0.3 is 0 Å². The van der Waals surface area contributed by atoms with Gasteiger partial charge in [0.15, 0.2) is 5.75 Å². The van der Waals surface area contributed by atoms with Gasteiger partial charge in [-0.1, -0.05) is 0 Å². The lowest BCUT2D eigenvalue weighted by atomic mass is 9.87. The predicted molar refractivity (Wildman–Crippen MR) is 69.4 cm³/mol. The third-order valence-electron chi connectivity index (χ3n) is 4.26. The first-order valence-corrected chi connectivity index (χ1v) is 7.02. The van der Waals surface area contributed by atoms with E-state index in [1.807, 2.05) is 0 Å². The van der Waals surface area contributed by atoms with Gasteiger partial charge in [0.2, 0.25) is 0 Å². The number of aromatic nitrogens is 2. The number of rotatable bonds is 3. The standard InChI is InChI=1S/C14H21N3O/c1-3-12-4-2-6-17(5-1)9-13(12)10-18-14-7-15-11-16-8-14/h7-8,11-13H,1-6,9-10H2. The molecule has 0 spiro atoms. The average molecular weight is 247 g/mol. The van der Waals surface area contributed by atoms with Gasteiger partial charge in [0.25, 0.3) is 0 Å². The summed E-state index contributed by atoms with van der Waals surface area (Å²) in [5.41, 5.74) is 0. The zero-order chi connectivity index (χ0) is 12.2. The molecule has 0 N–H and O–H groups in total. The molecule has 0 saturated carbocycles. The SMILES string of the molecule is c1ncc(OCC2CN3CCCC2CCC3)cn1. The summed E-state index contributed by atoms with van der Waals surface area (Å²) in [5, 5.41) is 0. The maximum atomic E-state index is 5.86. The van der Waals surface area contributed by atoms with E-state index in [1.165, 1.54) is 51.6 Å². The van der Waals surface area contributed by atoms with Crippen LogP contribution in [0.3, 0.4) is 0 Å². The van der Waals surface area contributed by atoms with Crippen molar-refractivity contribution in [1.82, 2.24) is 14.9 Å². The van der Waals surface area contributed by atoms with Crippen LogP contribution >= 0.6 is 0 Å². The summed E-state index contributed by atoms with van der Waals surface area (Å²) >= 11 is 0. The lowest BCUT2D eigenvalue weighted by Gasteiger charge is -2.24. The molecule has 3 rings (SSSR count). The molecule has 18 heavy (non-hydrogen) atoms. The van der Waals surface area contributed by atoms with Crippen LogP contribution in [0, 0.1) is 11.8 Å². The van der Waals surface area contributed by atoms with Crippen LogP contribution in [0.4, 0.5) is 0 Å². The minimum absolute atomic E-state index is 0.676. The first kappa shape index (κ1) is 11.9. The lowest BCUT2D eigenvalue weighted by molar-refractivity contribution is 0.171. The maximum absolute atomic E-state index is 5.86. The van der Waals surface area contributed by atoms with E-state index in [-0.39, 0.29) is 0 Å². The second-order valence-corrected chi connectivity index (χ2v) is 5.49. The molecule has 98 valence electrons. The molecule has 4 heteroatoms. The second kappa shape index (κ2) is 5.65.